The SMILES string of the molecule is CSSc1cccc(CS(=O)(=O)c2ccc(F)cc2)c1. The van der Waals surface area contributed by atoms with Crippen molar-refractivity contribution in [2.45, 2.75) is 15.5 Å². The Morgan fingerprint density at radius 1 is 1.10 bits per heavy atom. The summed E-state index contributed by atoms with van der Waals surface area (Å²) < 4.78 is 37.3. The fraction of sp³-hybridized carbons (Fsp3) is 0.143. The molecule has 0 bridgehead atoms. The van der Waals surface area contributed by atoms with Crippen LogP contribution in [0.5, 0.6) is 0 Å². The van der Waals surface area contributed by atoms with Gasteiger partial charge in [-0.15, -0.1) is 0 Å². The van der Waals surface area contributed by atoms with Crippen LogP contribution in [0.4, 0.5) is 4.39 Å². The van der Waals surface area contributed by atoms with Gasteiger partial charge in [-0.2, -0.15) is 0 Å². The third-order valence-electron chi connectivity index (χ3n) is 2.61. The lowest BCUT2D eigenvalue weighted by Gasteiger charge is -2.06. The lowest BCUT2D eigenvalue weighted by molar-refractivity contribution is 0.594. The van der Waals surface area contributed by atoms with Gasteiger partial charge in [-0.05, 0) is 48.2 Å². The summed E-state index contributed by atoms with van der Waals surface area (Å²) in [5.74, 6) is -0.524. The van der Waals surface area contributed by atoms with E-state index in [1.54, 1.807) is 27.7 Å². The van der Waals surface area contributed by atoms with E-state index in [9.17, 15) is 12.8 Å². The van der Waals surface area contributed by atoms with Gasteiger partial charge in [0.1, 0.15) is 5.82 Å². The summed E-state index contributed by atoms with van der Waals surface area (Å²) >= 11 is 0. The largest absolute Gasteiger partial charge is 0.223 e. The average Bonchev–Trinajstić information content (AvgIpc) is 2.39. The fourth-order valence-electron chi connectivity index (χ4n) is 1.73. The van der Waals surface area contributed by atoms with E-state index in [4.69, 9.17) is 0 Å². The minimum Gasteiger partial charge on any atom is -0.223 e. The van der Waals surface area contributed by atoms with E-state index in [1.165, 1.54) is 12.1 Å². The molecule has 0 aliphatic carbocycles. The Balaban J connectivity index is 2.24. The molecule has 0 saturated heterocycles. The molecule has 0 fully saturated rings. The third kappa shape index (κ3) is 4.01. The highest BCUT2D eigenvalue weighted by Crippen LogP contribution is 2.29. The van der Waals surface area contributed by atoms with E-state index in [1.807, 2.05) is 24.5 Å². The molecule has 20 heavy (non-hydrogen) atoms. The van der Waals surface area contributed by atoms with Crippen molar-refractivity contribution < 1.29 is 12.8 Å². The number of benzene rings is 2. The van der Waals surface area contributed by atoms with E-state index in [2.05, 4.69) is 0 Å². The topological polar surface area (TPSA) is 34.1 Å². The molecule has 0 spiro atoms. The third-order valence-corrected chi connectivity index (χ3v) is 6.00. The van der Waals surface area contributed by atoms with Crippen LogP contribution >= 0.6 is 21.6 Å². The summed E-state index contributed by atoms with van der Waals surface area (Å²) in [4.78, 5) is 1.16. The van der Waals surface area contributed by atoms with E-state index in [0.717, 1.165) is 22.6 Å². The molecule has 0 aliphatic rings. The van der Waals surface area contributed by atoms with Gasteiger partial charge < -0.3 is 0 Å². The fourth-order valence-corrected chi connectivity index (χ4v) is 4.48. The summed E-state index contributed by atoms with van der Waals surface area (Å²) in [7, 11) is -0.254. The van der Waals surface area contributed by atoms with Crippen LogP contribution in [-0.2, 0) is 15.6 Å². The highest BCUT2D eigenvalue weighted by Gasteiger charge is 2.15. The van der Waals surface area contributed by atoms with Gasteiger partial charge in [0.05, 0.1) is 10.6 Å². The van der Waals surface area contributed by atoms with Crippen molar-refractivity contribution in [2.24, 2.45) is 0 Å². The Morgan fingerprint density at radius 2 is 1.80 bits per heavy atom. The minimum atomic E-state index is -3.44. The quantitative estimate of drug-likeness (QED) is 0.609. The molecule has 0 saturated carbocycles. The second-order valence-electron chi connectivity index (χ2n) is 4.11. The molecule has 2 rings (SSSR count). The molecular weight excluding hydrogens is 315 g/mol. The first-order chi connectivity index (χ1) is 9.51. The number of halogens is 1. The summed E-state index contributed by atoms with van der Waals surface area (Å²) in [6, 6.07) is 12.3. The lowest BCUT2D eigenvalue weighted by Crippen LogP contribution is -2.05. The standard InChI is InChI=1S/C14H13FO2S3/c1-18-19-13-4-2-3-11(9-13)10-20(16,17)14-7-5-12(15)6-8-14/h2-9H,10H2,1H3. The summed E-state index contributed by atoms with van der Waals surface area (Å²) in [5.41, 5.74) is 0.730. The van der Waals surface area contributed by atoms with Crippen LogP contribution in [-0.4, -0.2) is 14.7 Å². The van der Waals surface area contributed by atoms with Crippen LogP contribution in [0.25, 0.3) is 0 Å². The van der Waals surface area contributed by atoms with E-state index >= 15 is 0 Å². The highest BCUT2D eigenvalue weighted by molar-refractivity contribution is 8.76. The van der Waals surface area contributed by atoms with Gasteiger partial charge in [0, 0.05) is 4.90 Å². The summed E-state index contributed by atoms with van der Waals surface area (Å²) in [6.45, 7) is 0. The second-order valence-corrected chi connectivity index (χ2v) is 8.57. The van der Waals surface area contributed by atoms with Gasteiger partial charge in [0.2, 0.25) is 0 Å². The van der Waals surface area contributed by atoms with Crippen molar-refractivity contribution in [3.05, 3.63) is 59.9 Å². The van der Waals surface area contributed by atoms with Gasteiger partial charge in [0.15, 0.2) is 9.84 Å². The zero-order valence-electron chi connectivity index (χ0n) is 10.7. The van der Waals surface area contributed by atoms with Crippen LogP contribution in [0.1, 0.15) is 5.56 Å². The van der Waals surface area contributed by atoms with Crippen molar-refractivity contribution >= 4 is 31.4 Å². The molecule has 0 aliphatic heterocycles. The van der Waals surface area contributed by atoms with E-state index < -0.39 is 15.7 Å². The molecule has 0 radical (unpaired) electrons. The average molecular weight is 328 g/mol. The van der Waals surface area contributed by atoms with Crippen molar-refractivity contribution in [3.8, 4) is 0 Å². The molecule has 0 unspecified atom stereocenters. The van der Waals surface area contributed by atoms with Gasteiger partial charge in [-0.3, -0.25) is 0 Å². The molecular formula is C14H13FO2S3. The number of hydrogen-bond donors (Lipinski definition) is 0. The van der Waals surface area contributed by atoms with Crippen LogP contribution < -0.4 is 0 Å². The minimum absolute atomic E-state index is 0.0819. The Bertz CT molecular complexity index is 682. The summed E-state index contributed by atoms with van der Waals surface area (Å²) in [6.07, 6.45) is 1.96. The van der Waals surface area contributed by atoms with Crippen LogP contribution in [0.15, 0.2) is 58.3 Å². The smallest absolute Gasteiger partial charge is 0.182 e. The molecule has 0 heterocycles. The van der Waals surface area contributed by atoms with E-state index in [-0.39, 0.29) is 10.6 Å². The van der Waals surface area contributed by atoms with Crippen LogP contribution in [0, 0.1) is 5.82 Å². The van der Waals surface area contributed by atoms with Gasteiger partial charge in [0.25, 0.3) is 0 Å². The predicted octanol–water partition coefficient (Wildman–Crippen LogP) is 4.17. The molecule has 2 aromatic carbocycles. The zero-order chi connectivity index (χ0) is 14.6. The maximum atomic E-state index is 12.8. The van der Waals surface area contributed by atoms with Crippen molar-refractivity contribution in [1.29, 1.82) is 0 Å². The Hall–Kier alpha value is -0.980. The number of hydrogen-bond acceptors (Lipinski definition) is 4. The van der Waals surface area contributed by atoms with Crippen molar-refractivity contribution in [2.75, 3.05) is 6.26 Å². The lowest BCUT2D eigenvalue weighted by atomic mass is 10.2. The van der Waals surface area contributed by atoms with Crippen LogP contribution in [0.2, 0.25) is 0 Å². The molecule has 0 amide bonds. The zero-order valence-corrected chi connectivity index (χ0v) is 13.2. The Morgan fingerprint density at radius 3 is 2.45 bits per heavy atom. The monoisotopic (exact) mass is 328 g/mol. The molecule has 0 atom stereocenters. The maximum absolute atomic E-state index is 12.8. The highest BCUT2D eigenvalue weighted by atomic mass is 33.1. The molecule has 0 N–H and O–H groups in total. The molecule has 0 aromatic heterocycles. The first kappa shape index (κ1) is 15.4. The molecule has 106 valence electrons. The molecule has 6 heteroatoms. The maximum Gasteiger partial charge on any atom is 0.182 e. The second kappa shape index (κ2) is 6.65. The Labute approximate surface area is 126 Å². The predicted molar refractivity (Wildman–Crippen MR) is 83.1 cm³/mol. The van der Waals surface area contributed by atoms with Gasteiger partial charge in [-0.1, -0.05) is 33.7 Å². The molecule has 2 aromatic rings. The van der Waals surface area contributed by atoms with E-state index in [0.29, 0.717) is 0 Å². The first-order valence-corrected chi connectivity index (χ1v) is 10.0. The van der Waals surface area contributed by atoms with Crippen molar-refractivity contribution in [3.63, 3.8) is 0 Å². The molecule has 2 nitrogen and oxygen atoms in total. The Kier molecular flexibility index (Phi) is 5.12. The van der Waals surface area contributed by atoms with Crippen LogP contribution in [0.3, 0.4) is 0 Å². The first-order valence-electron chi connectivity index (χ1n) is 5.79. The summed E-state index contributed by atoms with van der Waals surface area (Å²) in [5, 5.41) is 0. The van der Waals surface area contributed by atoms with Gasteiger partial charge >= 0.3 is 0 Å². The number of rotatable bonds is 5. The normalized spacial score (nSPS) is 11.5. The number of sulfone groups is 1. The van der Waals surface area contributed by atoms with Crippen molar-refractivity contribution in [1.82, 2.24) is 0 Å². The van der Waals surface area contributed by atoms with Gasteiger partial charge in [-0.25, -0.2) is 12.8 Å².